The molecule has 0 radical (unpaired) electrons. The van der Waals surface area contributed by atoms with Crippen LogP contribution in [0.15, 0.2) is 0 Å². The van der Waals surface area contributed by atoms with Crippen LogP contribution in [0.3, 0.4) is 0 Å². The molecule has 0 spiro atoms. The summed E-state index contributed by atoms with van der Waals surface area (Å²) in [7, 11) is -1.33. The molecular formula is C8H17NO3S. The molecule has 0 aromatic carbocycles. The van der Waals surface area contributed by atoms with Gasteiger partial charge in [0.05, 0.1) is 12.4 Å². The van der Waals surface area contributed by atoms with Gasteiger partial charge in [-0.25, -0.2) is 0 Å². The van der Waals surface area contributed by atoms with Crippen LogP contribution in [0.1, 0.15) is 19.8 Å². The van der Waals surface area contributed by atoms with Crippen molar-refractivity contribution in [2.45, 2.75) is 25.8 Å². The number of rotatable bonds is 4. The van der Waals surface area contributed by atoms with Crippen LogP contribution in [-0.4, -0.2) is 45.3 Å². The van der Waals surface area contributed by atoms with Crippen molar-refractivity contribution in [2.24, 2.45) is 0 Å². The van der Waals surface area contributed by atoms with Crippen molar-refractivity contribution in [3.63, 3.8) is 0 Å². The van der Waals surface area contributed by atoms with Crippen molar-refractivity contribution in [2.75, 3.05) is 26.0 Å². The Bertz CT molecular complexity index is 250. The first-order valence-electron chi connectivity index (χ1n) is 4.62. The van der Waals surface area contributed by atoms with Gasteiger partial charge in [0.25, 0.3) is 10.1 Å². The summed E-state index contributed by atoms with van der Waals surface area (Å²) >= 11 is 0. The van der Waals surface area contributed by atoms with E-state index in [0.29, 0.717) is 0 Å². The quantitative estimate of drug-likeness (QED) is 0.628. The van der Waals surface area contributed by atoms with E-state index in [-0.39, 0.29) is 18.4 Å². The van der Waals surface area contributed by atoms with Crippen LogP contribution in [0.2, 0.25) is 0 Å². The maximum atomic E-state index is 11.3. The lowest BCUT2D eigenvalue weighted by atomic mass is 10.2. The molecule has 0 N–H and O–H groups in total. The van der Waals surface area contributed by atoms with Crippen LogP contribution < -0.4 is 0 Å². The Morgan fingerprint density at radius 3 is 2.69 bits per heavy atom. The van der Waals surface area contributed by atoms with Crippen molar-refractivity contribution in [3.8, 4) is 0 Å². The Hall–Kier alpha value is -0.130. The Labute approximate surface area is 80.0 Å². The zero-order chi connectivity index (χ0) is 9.90. The van der Waals surface area contributed by atoms with E-state index in [4.69, 9.17) is 0 Å². The fourth-order valence-electron chi connectivity index (χ4n) is 1.65. The Kier molecular flexibility index (Phi) is 3.70. The summed E-state index contributed by atoms with van der Waals surface area (Å²) in [6.45, 7) is 2.92. The highest BCUT2D eigenvalue weighted by atomic mass is 32.2. The second kappa shape index (κ2) is 4.39. The van der Waals surface area contributed by atoms with E-state index in [1.54, 1.807) is 6.92 Å². The summed E-state index contributed by atoms with van der Waals surface area (Å²) in [6, 6.07) is 0.150. The van der Waals surface area contributed by atoms with E-state index >= 15 is 0 Å². The van der Waals surface area contributed by atoms with Gasteiger partial charge in [0, 0.05) is 6.04 Å². The third kappa shape index (κ3) is 3.25. The molecule has 1 saturated heterocycles. The average molecular weight is 207 g/mol. The lowest BCUT2D eigenvalue weighted by Gasteiger charge is -2.18. The largest absolute Gasteiger partial charge is 0.302 e. The molecule has 0 amide bonds. The SMILES string of the molecule is CCOS(=O)(=O)CC1CCCN1C. The first kappa shape index (κ1) is 10.9. The molecule has 1 heterocycles. The molecule has 0 aliphatic carbocycles. The van der Waals surface area contributed by atoms with Gasteiger partial charge in [-0.2, -0.15) is 8.42 Å². The normalized spacial score (nSPS) is 25.2. The molecule has 0 saturated carbocycles. The van der Waals surface area contributed by atoms with Crippen LogP contribution in [0.5, 0.6) is 0 Å². The molecule has 13 heavy (non-hydrogen) atoms. The highest BCUT2D eigenvalue weighted by Crippen LogP contribution is 2.16. The minimum Gasteiger partial charge on any atom is -0.302 e. The molecule has 0 bridgehead atoms. The first-order valence-corrected chi connectivity index (χ1v) is 6.20. The third-order valence-corrected chi connectivity index (χ3v) is 3.75. The van der Waals surface area contributed by atoms with Gasteiger partial charge in [-0.3, -0.25) is 4.18 Å². The highest BCUT2D eigenvalue weighted by Gasteiger charge is 2.26. The lowest BCUT2D eigenvalue weighted by Crippen LogP contribution is -2.32. The van der Waals surface area contributed by atoms with E-state index in [0.717, 1.165) is 19.4 Å². The van der Waals surface area contributed by atoms with Crippen molar-refractivity contribution in [1.82, 2.24) is 4.90 Å². The number of hydrogen-bond acceptors (Lipinski definition) is 4. The number of likely N-dealkylation sites (tertiary alicyclic amines) is 1. The standard InChI is InChI=1S/C8H17NO3S/c1-3-12-13(10,11)7-8-5-4-6-9(8)2/h8H,3-7H2,1-2H3. The summed E-state index contributed by atoms with van der Waals surface area (Å²) in [4.78, 5) is 2.08. The van der Waals surface area contributed by atoms with Gasteiger partial charge in [-0.05, 0) is 33.4 Å². The van der Waals surface area contributed by atoms with Crippen LogP contribution in [0.4, 0.5) is 0 Å². The molecule has 1 unspecified atom stereocenters. The van der Waals surface area contributed by atoms with Crippen LogP contribution in [-0.2, 0) is 14.3 Å². The zero-order valence-corrected chi connectivity index (χ0v) is 9.01. The second-order valence-electron chi connectivity index (χ2n) is 3.41. The molecule has 1 aliphatic heterocycles. The number of nitrogens with zero attached hydrogens (tertiary/aromatic N) is 1. The maximum absolute atomic E-state index is 11.3. The summed E-state index contributed by atoms with van der Waals surface area (Å²) in [5.41, 5.74) is 0. The molecule has 5 heteroatoms. The minimum absolute atomic E-state index is 0.136. The summed E-state index contributed by atoms with van der Waals surface area (Å²) in [6.07, 6.45) is 2.05. The van der Waals surface area contributed by atoms with Gasteiger partial charge in [0.1, 0.15) is 0 Å². The fourth-order valence-corrected chi connectivity index (χ4v) is 3.00. The predicted molar refractivity (Wildman–Crippen MR) is 51.1 cm³/mol. The summed E-state index contributed by atoms with van der Waals surface area (Å²) in [5.74, 6) is 0.136. The molecule has 78 valence electrons. The van der Waals surface area contributed by atoms with Gasteiger partial charge >= 0.3 is 0 Å². The molecule has 1 fully saturated rings. The van der Waals surface area contributed by atoms with E-state index < -0.39 is 10.1 Å². The molecule has 1 atom stereocenters. The van der Waals surface area contributed by atoms with Crippen molar-refractivity contribution >= 4 is 10.1 Å². The van der Waals surface area contributed by atoms with E-state index in [9.17, 15) is 8.42 Å². The Balaban J connectivity index is 2.47. The van der Waals surface area contributed by atoms with Crippen molar-refractivity contribution < 1.29 is 12.6 Å². The average Bonchev–Trinajstić information content (AvgIpc) is 2.35. The number of hydrogen-bond donors (Lipinski definition) is 0. The highest BCUT2D eigenvalue weighted by molar-refractivity contribution is 7.86. The zero-order valence-electron chi connectivity index (χ0n) is 8.19. The summed E-state index contributed by atoms with van der Waals surface area (Å²) < 4.78 is 27.3. The smallest absolute Gasteiger partial charge is 0.268 e. The minimum atomic E-state index is -3.29. The van der Waals surface area contributed by atoms with Gasteiger partial charge in [0.15, 0.2) is 0 Å². The van der Waals surface area contributed by atoms with Gasteiger partial charge < -0.3 is 4.90 Å². The second-order valence-corrected chi connectivity index (χ2v) is 5.09. The first-order chi connectivity index (χ1) is 6.05. The molecule has 1 aliphatic rings. The van der Waals surface area contributed by atoms with E-state index in [1.807, 2.05) is 7.05 Å². The molecule has 0 aromatic heterocycles. The topological polar surface area (TPSA) is 46.6 Å². The molecule has 4 nitrogen and oxygen atoms in total. The van der Waals surface area contributed by atoms with Crippen LogP contribution in [0.25, 0.3) is 0 Å². The van der Waals surface area contributed by atoms with Gasteiger partial charge in [-0.1, -0.05) is 0 Å². The van der Waals surface area contributed by atoms with Crippen molar-refractivity contribution in [1.29, 1.82) is 0 Å². The molecule has 1 rings (SSSR count). The van der Waals surface area contributed by atoms with Crippen LogP contribution >= 0.6 is 0 Å². The van der Waals surface area contributed by atoms with Crippen molar-refractivity contribution in [3.05, 3.63) is 0 Å². The van der Waals surface area contributed by atoms with Gasteiger partial charge in [-0.15, -0.1) is 0 Å². The molecule has 0 aromatic rings. The van der Waals surface area contributed by atoms with Crippen LogP contribution in [0, 0.1) is 0 Å². The monoisotopic (exact) mass is 207 g/mol. The third-order valence-electron chi connectivity index (χ3n) is 2.37. The fraction of sp³-hybridized carbons (Fsp3) is 1.00. The molecular weight excluding hydrogens is 190 g/mol. The van der Waals surface area contributed by atoms with E-state index in [1.165, 1.54) is 0 Å². The summed E-state index contributed by atoms with van der Waals surface area (Å²) in [5, 5.41) is 0. The lowest BCUT2D eigenvalue weighted by molar-refractivity contribution is 0.304. The predicted octanol–water partition coefficient (Wildman–Crippen LogP) is 0.447. The van der Waals surface area contributed by atoms with E-state index in [2.05, 4.69) is 9.08 Å². The Morgan fingerprint density at radius 2 is 2.23 bits per heavy atom. The Morgan fingerprint density at radius 1 is 1.54 bits per heavy atom. The maximum Gasteiger partial charge on any atom is 0.268 e. The van der Waals surface area contributed by atoms with Gasteiger partial charge in [0.2, 0.25) is 0 Å².